The number of amides is 1. The Kier molecular flexibility index (Phi) is 10.6. The van der Waals surface area contributed by atoms with Gasteiger partial charge in [0.1, 0.15) is 0 Å². The van der Waals surface area contributed by atoms with Gasteiger partial charge in [-0.2, -0.15) is 0 Å². The van der Waals surface area contributed by atoms with Gasteiger partial charge in [-0.05, 0) is 52.1 Å². The maximum Gasteiger partial charge on any atom is 0.308 e. The summed E-state index contributed by atoms with van der Waals surface area (Å²) in [5.41, 5.74) is 0.187. The smallest absolute Gasteiger partial charge is 0.308 e. The van der Waals surface area contributed by atoms with Gasteiger partial charge in [-0.25, -0.2) is 0 Å². The average Bonchev–Trinajstić information content (AvgIpc) is 2.66. The molecule has 1 atom stereocenters. The summed E-state index contributed by atoms with van der Waals surface area (Å²) in [5, 5.41) is 17.5. The molecular weight excluding hydrogens is 398 g/mol. The van der Waals surface area contributed by atoms with E-state index >= 15 is 0 Å². The molecule has 2 N–H and O–H groups in total. The van der Waals surface area contributed by atoms with E-state index < -0.39 is 16.9 Å². The van der Waals surface area contributed by atoms with Crippen molar-refractivity contribution in [1.82, 2.24) is 10.6 Å². The van der Waals surface area contributed by atoms with Gasteiger partial charge in [0, 0.05) is 12.5 Å². The first-order valence-electron chi connectivity index (χ1n) is 9.79. The SMILES string of the molecule is CC(C)OC(=O)CC(NC(=O)CCC1CCNCC1)c1ccccc1[N+](=O)[O-].Cl. The lowest BCUT2D eigenvalue weighted by molar-refractivity contribution is -0.385. The first-order valence-corrected chi connectivity index (χ1v) is 9.79. The van der Waals surface area contributed by atoms with Crippen LogP contribution in [0.3, 0.4) is 0 Å². The summed E-state index contributed by atoms with van der Waals surface area (Å²) in [6.07, 6.45) is 2.74. The van der Waals surface area contributed by atoms with Gasteiger partial charge >= 0.3 is 5.97 Å². The number of halogens is 1. The Hall–Kier alpha value is -2.19. The molecule has 162 valence electrons. The van der Waals surface area contributed by atoms with Gasteiger partial charge in [0.05, 0.1) is 29.1 Å². The molecule has 1 heterocycles. The first-order chi connectivity index (χ1) is 13.4. The highest BCUT2D eigenvalue weighted by Crippen LogP contribution is 2.28. The van der Waals surface area contributed by atoms with E-state index in [0.29, 0.717) is 17.9 Å². The van der Waals surface area contributed by atoms with Gasteiger partial charge in [-0.15, -0.1) is 12.4 Å². The van der Waals surface area contributed by atoms with Crippen LogP contribution < -0.4 is 10.6 Å². The third-order valence-electron chi connectivity index (χ3n) is 4.82. The molecule has 29 heavy (non-hydrogen) atoms. The maximum atomic E-state index is 12.5. The van der Waals surface area contributed by atoms with Crippen LogP contribution in [-0.4, -0.2) is 36.0 Å². The number of nitro benzene ring substituents is 1. The quantitative estimate of drug-likeness (QED) is 0.355. The van der Waals surface area contributed by atoms with Crippen LogP contribution in [-0.2, 0) is 14.3 Å². The Morgan fingerprint density at radius 2 is 1.93 bits per heavy atom. The Bertz CT molecular complexity index is 692. The van der Waals surface area contributed by atoms with E-state index in [2.05, 4.69) is 10.6 Å². The summed E-state index contributed by atoms with van der Waals surface area (Å²) in [7, 11) is 0. The van der Waals surface area contributed by atoms with Crippen LogP contribution in [0.5, 0.6) is 0 Å². The molecule has 0 saturated carbocycles. The lowest BCUT2D eigenvalue weighted by atomic mass is 9.93. The summed E-state index contributed by atoms with van der Waals surface area (Å²) in [6.45, 7) is 5.39. The number of nitro groups is 1. The minimum Gasteiger partial charge on any atom is -0.463 e. The topological polar surface area (TPSA) is 111 Å². The summed E-state index contributed by atoms with van der Waals surface area (Å²) in [6, 6.07) is 5.36. The average molecular weight is 428 g/mol. The van der Waals surface area contributed by atoms with Crippen LogP contribution in [0.15, 0.2) is 24.3 Å². The van der Waals surface area contributed by atoms with Gasteiger partial charge in [0.2, 0.25) is 5.91 Å². The molecule has 0 aliphatic carbocycles. The molecule has 0 radical (unpaired) electrons. The van der Waals surface area contributed by atoms with E-state index in [-0.39, 0.29) is 36.5 Å². The number of carbonyl (C=O) groups excluding carboxylic acids is 2. The zero-order valence-corrected chi connectivity index (χ0v) is 17.7. The minimum atomic E-state index is -0.798. The van der Waals surface area contributed by atoms with E-state index in [1.165, 1.54) is 6.07 Å². The van der Waals surface area contributed by atoms with Crippen molar-refractivity contribution in [1.29, 1.82) is 0 Å². The number of esters is 1. The Morgan fingerprint density at radius 1 is 1.28 bits per heavy atom. The van der Waals surface area contributed by atoms with Crippen molar-refractivity contribution in [3.05, 3.63) is 39.9 Å². The zero-order valence-electron chi connectivity index (χ0n) is 16.9. The molecule has 0 spiro atoms. The highest BCUT2D eigenvalue weighted by molar-refractivity contribution is 5.85. The Morgan fingerprint density at radius 3 is 2.55 bits per heavy atom. The maximum absolute atomic E-state index is 12.5. The van der Waals surface area contributed by atoms with Crippen molar-refractivity contribution in [3.8, 4) is 0 Å². The monoisotopic (exact) mass is 427 g/mol. The van der Waals surface area contributed by atoms with E-state index in [4.69, 9.17) is 4.74 Å². The molecule has 1 unspecified atom stereocenters. The predicted octanol–water partition coefficient (Wildman–Crippen LogP) is 3.30. The molecule has 1 fully saturated rings. The molecule has 1 aromatic rings. The zero-order chi connectivity index (χ0) is 20.5. The molecule has 1 saturated heterocycles. The summed E-state index contributed by atoms with van der Waals surface area (Å²) in [5.74, 6) is -0.210. The molecule has 1 aliphatic rings. The molecule has 1 amide bonds. The number of benzene rings is 1. The molecule has 9 heteroatoms. The summed E-state index contributed by atoms with van der Waals surface area (Å²) < 4.78 is 5.17. The number of hydrogen-bond donors (Lipinski definition) is 2. The molecule has 2 rings (SSSR count). The van der Waals surface area contributed by atoms with Crippen molar-refractivity contribution in [3.63, 3.8) is 0 Å². The second-order valence-corrected chi connectivity index (χ2v) is 7.41. The molecule has 1 aliphatic heterocycles. The van der Waals surface area contributed by atoms with Crippen molar-refractivity contribution in [2.45, 2.75) is 58.1 Å². The third-order valence-corrected chi connectivity index (χ3v) is 4.82. The standard InChI is InChI=1S/C20H29N3O5.ClH/c1-14(2)28-20(25)13-17(16-5-3-4-6-18(16)23(26)27)22-19(24)8-7-15-9-11-21-12-10-15;/h3-6,14-15,17,21H,7-13H2,1-2H3,(H,22,24);1H. The van der Waals surface area contributed by atoms with Gasteiger partial charge in [0.15, 0.2) is 0 Å². The summed E-state index contributed by atoms with van der Waals surface area (Å²) in [4.78, 5) is 35.5. The second-order valence-electron chi connectivity index (χ2n) is 7.41. The number of nitrogens with zero attached hydrogens (tertiary/aromatic N) is 1. The fraction of sp³-hybridized carbons (Fsp3) is 0.600. The number of carbonyl (C=O) groups is 2. The summed E-state index contributed by atoms with van der Waals surface area (Å²) >= 11 is 0. The van der Waals surface area contributed by atoms with Gasteiger partial charge in [-0.3, -0.25) is 19.7 Å². The highest BCUT2D eigenvalue weighted by Gasteiger charge is 2.27. The van der Waals surface area contributed by atoms with Crippen molar-refractivity contribution >= 4 is 30.0 Å². The predicted molar refractivity (Wildman–Crippen MR) is 112 cm³/mol. The number of nitrogens with one attached hydrogen (secondary N) is 2. The van der Waals surface area contributed by atoms with E-state index in [0.717, 1.165) is 32.4 Å². The largest absolute Gasteiger partial charge is 0.463 e. The highest BCUT2D eigenvalue weighted by atomic mass is 35.5. The normalized spacial score (nSPS) is 15.3. The fourth-order valence-electron chi connectivity index (χ4n) is 3.44. The van der Waals surface area contributed by atoms with Gasteiger partial charge in [-0.1, -0.05) is 18.2 Å². The Labute approximate surface area is 177 Å². The van der Waals surface area contributed by atoms with E-state index in [9.17, 15) is 19.7 Å². The van der Waals surface area contributed by atoms with Crippen molar-refractivity contribution in [2.24, 2.45) is 5.92 Å². The fourth-order valence-corrected chi connectivity index (χ4v) is 3.44. The molecule has 1 aromatic carbocycles. The number of hydrogen-bond acceptors (Lipinski definition) is 6. The van der Waals surface area contributed by atoms with Crippen molar-refractivity contribution in [2.75, 3.05) is 13.1 Å². The molecule has 8 nitrogen and oxygen atoms in total. The number of ether oxygens (including phenoxy) is 1. The Balaban J connectivity index is 0.00000420. The van der Waals surface area contributed by atoms with Crippen LogP contribution >= 0.6 is 12.4 Å². The first kappa shape index (κ1) is 24.8. The van der Waals surface area contributed by atoms with Gasteiger partial charge in [0.25, 0.3) is 5.69 Å². The van der Waals surface area contributed by atoms with Crippen LogP contribution in [0.2, 0.25) is 0 Å². The second kappa shape index (κ2) is 12.4. The van der Waals surface area contributed by atoms with Crippen LogP contribution in [0.4, 0.5) is 5.69 Å². The number of para-hydroxylation sites is 1. The molecular formula is C20H30ClN3O5. The van der Waals surface area contributed by atoms with Gasteiger partial charge < -0.3 is 15.4 Å². The number of piperidine rings is 1. The van der Waals surface area contributed by atoms with Crippen LogP contribution in [0, 0.1) is 16.0 Å². The van der Waals surface area contributed by atoms with E-state index in [1.54, 1.807) is 32.0 Å². The van der Waals surface area contributed by atoms with Crippen LogP contribution in [0.1, 0.15) is 57.6 Å². The molecule has 0 bridgehead atoms. The van der Waals surface area contributed by atoms with E-state index in [1.807, 2.05) is 0 Å². The minimum absolute atomic E-state index is 0. The lowest BCUT2D eigenvalue weighted by Crippen LogP contribution is -2.32. The molecule has 0 aromatic heterocycles. The van der Waals surface area contributed by atoms with Crippen molar-refractivity contribution < 1.29 is 19.2 Å². The van der Waals surface area contributed by atoms with Crippen LogP contribution in [0.25, 0.3) is 0 Å². The number of rotatable bonds is 9. The lowest BCUT2D eigenvalue weighted by Gasteiger charge is -2.23. The third kappa shape index (κ3) is 8.37.